The van der Waals surface area contributed by atoms with E-state index in [4.69, 9.17) is 27.9 Å². The van der Waals surface area contributed by atoms with Gasteiger partial charge in [0.25, 0.3) is 5.91 Å². The molecular formula is C17H10Br2Cl2N2O2. The molecule has 25 heavy (non-hydrogen) atoms. The summed E-state index contributed by atoms with van der Waals surface area (Å²) in [6.07, 6.45) is 1.46. The van der Waals surface area contributed by atoms with E-state index in [2.05, 4.69) is 37.2 Å². The topological polar surface area (TPSA) is 62.1 Å². The molecule has 0 atom stereocenters. The molecule has 0 aliphatic heterocycles. The zero-order chi connectivity index (χ0) is 18.6. The van der Waals surface area contributed by atoms with Crippen molar-refractivity contribution in [2.24, 2.45) is 0 Å². The Labute approximate surface area is 171 Å². The molecule has 0 aliphatic rings. The summed E-state index contributed by atoms with van der Waals surface area (Å²) in [5.41, 5.74) is 0.890. The molecule has 8 heteroatoms. The molecule has 0 saturated heterocycles. The third-order valence-electron chi connectivity index (χ3n) is 3.08. The van der Waals surface area contributed by atoms with Gasteiger partial charge >= 0.3 is 0 Å². The molecule has 0 spiro atoms. The summed E-state index contributed by atoms with van der Waals surface area (Å²) in [4.78, 5) is 12.4. The first-order chi connectivity index (χ1) is 11.8. The van der Waals surface area contributed by atoms with Gasteiger partial charge in [0.1, 0.15) is 17.4 Å². The third-order valence-corrected chi connectivity index (χ3v) is 4.82. The molecule has 4 nitrogen and oxygen atoms in total. The largest absolute Gasteiger partial charge is 0.494 e. The van der Waals surface area contributed by atoms with Crippen LogP contribution in [0.5, 0.6) is 5.75 Å². The zero-order valence-corrected chi connectivity index (χ0v) is 17.4. The van der Waals surface area contributed by atoms with Crippen molar-refractivity contribution in [1.29, 1.82) is 5.26 Å². The second-order valence-electron chi connectivity index (χ2n) is 4.77. The predicted molar refractivity (Wildman–Crippen MR) is 107 cm³/mol. The number of ether oxygens (including phenoxy) is 1. The summed E-state index contributed by atoms with van der Waals surface area (Å²) < 4.78 is 6.60. The number of hydrogen-bond donors (Lipinski definition) is 1. The van der Waals surface area contributed by atoms with E-state index < -0.39 is 5.91 Å². The minimum Gasteiger partial charge on any atom is -0.494 e. The summed E-state index contributed by atoms with van der Waals surface area (Å²) in [6.45, 7) is 0. The van der Waals surface area contributed by atoms with Gasteiger partial charge in [-0.25, -0.2) is 0 Å². The highest BCUT2D eigenvalue weighted by Gasteiger charge is 2.13. The number of nitriles is 1. The number of nitrogens with one attached hydrogen (secondary N) is 1. The molecule has 0 aliphatic carbocycles. The number of rotatable bonds is 4. The Kier molecular flexibility index (Phi) is 6.91. The van der Waals surface area contributed by atoms with Crippen molar-refractivity contribution in [2.75, 3.05) is 12.4 Å². The molecule has 128 valence electrons. The van der Waals surface area contributed by atoms with Crippen molar-refractivity contribution >= 4 is 72.7 Å². The third kappa shape index (κ3) is 4.99. The van der Waals surface area contributed by atoms with Crippen molar-refractivity contribution in [3.05, 3.63) is 60.5 Å². The van der Waals surface area contributed by atoms with E-state index >= 15 is 0 Å². The van der Waals surface area contributed by atoms with Gasteiger partial charge in [0.15, 0.2) is 0 Å². The number of amides is 1. The lowest BCUT2D eigenvalue weighted by Crippen LogP contribution is -2.13. The zero-order valence-electron chi connectivity index (χ0n) is 12.7. The molecule has 0 unspecified atom stereocenters. The number of halogens is 4. The minimum absolute atomic E-state index is 0.0833. The van der Waals surface area contributed by atoms with Crippen molar-refractivity contribution in [2.45, 2.75) is 0 Å². The highest BCUT2D eigenvalue weighted by molar-refractivity contribution is 9.11. The molecular weight excluding hydrogens is 495 g/mol. The summed E-state index contributed by atoms with van der Waals surface area (Å²) >= 11 is 18.7. The molecule has 2 aromatic rings. The Morgan fingerprint density at radius 3 is 2.44 bits per heavy atom. The Morgan fingerprint density at radius 1 is 1.24 bits per heavy atom. The van der Waals surface area contributed by atoms with Crippen LogP contribution >= 0.6 is 55.1 Å². The molecule has 1 N–H and O–H groups in total. The van der Waals surface area contributed by atoms with Crippen molar-refractivity contribution in [3.8, 4) is 11.8 Å². The van der Waals surface area contributed by atoms with Gasteiger partial charge in [0.05, 0.1) is 26.8 Å². The first kappa shape index (κ1) is 19.8. The number of nitrogens with zero attached hydrogens (tertiary/aromatic N) is 1. The van der Waals surface area contributed by atoms with Crippen LogP contribution in [0.3, 0.4) is 0 Å². The standard InChI is InChI=1S/C17H10Br2Cl2N2O2/c1-25-16-12(18)5-9(6-13(16)19)4-10(8-22)17(24)23-15-7-11(20)2-3-14(15)21/h2-7H,1H3,(H,23,24)/b10-4-. The SMILES string of the molecule is COc1c(Br)cc(/C=C(/C#N)C(=O)Nc2cc(Cl)ccc2Cl)cc1Br. The van der Waals surface area contributed by atoms with Crippen LogP contribution in [0.15, 0.2) is 44.9 Å². The minimum atomic E-state index is -0.588. The molecule has 0 fully saturated rings. The van der Waals surface area contributed by atoms with Gasteiger partial charge in [-0.3, -0.25) is 4.79 Å². The van der Waals surface area contributed by atoms with Crippen LogP contribution in [0.2, 0.25) is 10.0 Å². The van der Waals surface area contributed by atoms with Crippen molar-refractivity contribution < 1.29 is 9.53 Å². The first-order valence-electron chi connectivity index (χ1n) is 6.77. The maximum Gasteiger partial charge on any atom is 0.266 e. The monoisotopic (exact) mass is 502 g/mol. The van der Waals surface area contributed by atoms with Gasteiger partial charge in [0.2, 0.25) is 0 Å². The Hall–Kier alpha value is -1.52. The summed E-state index contributed by atoms with van der Waals surface area (Å²) in [7, 11) is 1.54. The van der Waals surface area contributed by atoms with Gasteiger partial charge in [-0.15, -0.1) is 0 Å². The van der Waals surface area contributed by atoms with Crippen LogP contribution in [0, 0.1) is 11.3 Å². The molecule has 2 aromatic carbocycles. The van der Waals surface area contributed by atoms with Crippen LogP contribution in [-0.4, -0.2) is 13.0 Å². The van der Waals surface area contributed by atoms with E-state index in [1.165, 1.54) is 12.1 Å². The number of benzene rings is 2. The predicted octanol–water partition coefficient (Wildman–Crippen LogP) is 6.07. The van der Waals surface area contributed by atoms with Crippen LogP contribution < -0.4 is 10.1 Å². The highest BCUT2D eigenvalue weighted by Crippen LogP contribution is 2.35. The molecule has 0 bridgehead atoms. The molecule has 2 rings (SSSR count). The van der Waals surface area contributed by atoms with E-state index in [1.54, 1.807) is 31.4 Å². The Bertz CT molecular complexity index is 885. The second kappa shape index (κ2) is 8.72. The normalized spacial score (nSPS) is 11.0. The summed E-state index contributed by atoms with van der Waals surface area (Å²) in [5.74, 6) is 0.0283. The van der Waals surface area contributed by atoms with E-state index in [9.17, 15) is 10.1 Å². The van der Waals surface area contributed by atoms with Crippen LogP contribution in [0.4, 0.5) is 5.69 Å². The highest BCUT2D eigenvalue weighted by atomic mass is 79.9. The molecule has 1 amide bonds. The van der Waals surface area contributed by atoms with E-state index in [-0.39, 0.29) is 5.57 Å². The lowest BCUT2D eigenvalue weighted by molar-refractivity contribution is -0.112. The molecule has 0 heterocycles. The lowest BCUT2D eigenvalue weighted by Gasteiger charge is -2.09. The van der Waals surface area contributed by atoms with Crippen molar-refractivity contribution in [1.82, 2.24) is 0 Å². The summed E-state index contributed by atoms with van der Waals surface area (Å²) in [6, 6.07) is 10.0. The van der Waals surface area contributed by atoms with Gasteiger partial charge in [0, 0.05) is 5.02 Å². The van der Waals surface area contributed by atoms with E-state index in [0.717, 1.165) is 0 Å². The molecule has 0 radical (unpaired) electrons. The summed E-state index contributed by atoms with van der Waals surface area (Å²) in [5, 5.41) is 12.6. The van der Waals surface area contributed by atoms with Crippen molar-refractivity contribution in [3.63, 3.8) is 0 Å². The quantitative estimate of drug-likeness (QED) is 0.406. The maximum absolute atomic E-state index is 12.4. The number of carbonyl (C=O) groups is 1. The van der Waals surface area contributed by atoms with Crippen LogP contribution in [0.25, 0.3) is 6.08 Å². The molecule has 0 saturated carbocycles. The number of carbonyl (C=O) groups excluding carboxylic acids is 1. The van der Waals surface area contributed by atoms with Gasteiger partial charge in [-0.2, -0.15) is 5.26 Å². The fourth-order valence-corrected chi connectivity index (χ4v) is 3.84. The van der Waals surface area contributed by atoms with E-state index in [1.807, 2.05) is 6.07 Å². The number of hydrogen-bond acceptors (Lipinski definition) is 3. The first-order valence-corrected chi connectivity index (χ1v) is 9.11. The smallest absolute Gasteiger partial charge is 0.266 e. The van der Waals surface area contributed by atoms with Crippen LogP contribution in [0.1, 0.15) is 5.56 Å². The Balaban J connectivity index is 2.33. The van der Waals surface area contributed by atoms with Crippen LogP contribution in [-0.2, 0) is 4.79 Å². The van der Waals surface area contributed by atoms with Gasteiger partial charge in [-0.05, 0) is 73.8 Å². The number of anilines is 1. The molecule has 0 aromatic heterocycles. The lowest BCUT2D eigenvalue weighted by atomic mass is 10.1. The average Bonchev–Trinajstić information content (AvgIpc) is 2.55. The second-order valence-corrected chi connectivity index (χ2v) is 7.32. The van der Waals surface area contributed by atoms with Gasteiger partial charge in [-0.1, -0.05) is 23.2 Å². The van der Waals surface area contributed by atoms with Gasteiger partial charge < -0.3 is 10.1 Å². The van der Waals surface area contributed by atoms with E-state index in [0.29, 0.717) is 36.0 Å². The number of methoxy groups -OCH3 is 1. The average molecular weight is 505 g/mol. The Morgan fingerprint density at radius 2 is 1.88 bits per heavy atom. The fraction of sp³-hybridized carbons (Fsp3) is 0.0588. The fourth-order valence-electron chi connectivity index (χ4n) is 1.96. The maximum atomic E-state index is 12.4.